The molecule has 3 nitrogen and oxygen atoms in total. The van der Waals surface area contributed by atoms with Crippen molar-refractivity contribution in [1.82, 2.24) is 5.32 Å². The first-order chi connectivity index (χ1) is 7.14. The molecule has 3 heteroatoms. The Kier molecular flexibility index (Phi) is 2.39. The molecule has 15 heavy (non-hydrogen) atoms. The molecule has 1 saturated heterocycles. The molecular formula is C12H15NO2. The number of hydrogen-bond acceptors (Lipinski definition) is 2. The van der Waals surface area contributed by atoms with Gasteiger partial charge in [0.25, 0.3) is 0 Å². The summed E-state index contributed by atoms with van der Waals surface area (Å²) in [6.45, 7) is 2.82. The zero-order valence-corrected chi connectivity index (χ0v) is 9.04. The van der Waals surface area contributed by atoms with Crippen molar-refractivity contribution in [2.75, 3.05) is 13.7 Å². The van der Waals surface area contributed by atoms with Crippen LogP contribution in [0.25, 0.3) is 0 Å². The maximum absolute atomic E-state index is 11.2. The minimum absolute atomic E-state index is 0.0661. The lowest BCUT2D eigenvalue weighted by molar-refractivity contribution is -0.119. The minimum atomic E-state index is -0.0661. The third-order valence-corrected chi connectivity index (χ3v) is 3.01. The third kappa shape index (κ3) is 1.82. The molecule has 0 aliphatic carbocycles. The fourth-order valence-electron chi connectivity index (χ4n) is 1.97. The Morgan fingerprint density at radius 3 is 2.47 bits per heavy atom. The molecule has 1 aromatic carbocycles. The number of benzene rings is 1. The molecule has 1 aliphatic heterocycles. The number of amides is 1. The van der Waals surface area contributed by atoms with Crippen molar-refractivity contribution >= 4 is 5.91 Å². The fourth-order valence-corrected chi connectivity index (χ4v) is 1.97. The molecule has 1 heterocycles. The third-order valence-electron chi connectivity index (χ3n) is 3.01. The van der Waals surface area contributed by atoms with Gasteiger partial charge in [0.05, 0.1) is 7.11 Å². The summed E-state index contributed by atoms with van der Waals surface area (Å²) in [7, 11) is 1.65. The maximum Gasteiger partial charge on any atom is 0.220 e. The molecule has 1 N–H and O–H groups in total. The Morgan fingerprint density at radius 1 is 1.33 bits per heavy atom. The average molecular weight is 205 g/mol. The number of rotatable bonds is 2. The van der Waals surface area contributed by atoms with E-state index in [0.717, 1.165) is 12.3 Å². The van der Waals surface area contributed by atoms with Crippen molar-refractivity contribution in [1.29, 1.82) is 0 Å². The van der Waals surface area contributed by atoms with Crippen LogP contribution in [-0.4, -0.2) is 19.6 Å². The average Bonchev–Trinajstić information content (AvgIpc) is 2.60. The van der Waals surface area contributed by atoms with Crippen LogP contribution >= 0.6 is 0 Å². The topological polar surface area (TPSA) is 38.3 Å². The second-order valence-electron chi connectivity index (χ2n) is 4.24. The molecule has 0 bridgehead atoms. The van der Waals surface area contributed by atoms with E-state index in [2.05, 4.69) is 12.2 Å². The first kappa shape index (κ1) is 10.0. The van der Waals surface area contributed by atoms with E-state index in [0.29, 0.717) is 6.42 Å². The Balaban J connectivity index is 2.25. The summed E-state index contributed by atoms with van der Waals surface area (Å²) in [6, 6.07) is 7.92. The van der Waals surface area contributed by atoms with E-state index in [4.69, 9.17) is 4.74 Å². The summed E-state index contributed by atoms with van der Waals surface area (Å²) < 4.78 is 5.10. The van der Waals surface area contributed by atoms with Gasteiger partial charge in [-0.15, -0.1) is 0 Å². The number of ether oxygens (including phenoxy) is 1. The van der Waals surface area contributed by atoms with Crippen molar-refractivity contribution in [2.45, 2.75) is 18.8 Å². The molecule has 0 aromatic heterocycles. The fraction of sp³-hybridized carbons (Fsp3) is 0.417. The summed E-state index contributed by atoms with van der Waals surface area (Å²) in [4.78, 5) is 11.2. The second-order valence-corrected chi connectivity index (χ2v) is 4.24. The predicted octanol–water partition coefficient (Wildman–Crippen LogP) is 1.47. The summed E-state index contributed by atoms with van der Waals surface area (Å²) in [5.41, 5.74) is 1.12. The lowest BCUT2D eigenvalue weighted by Crippen LogP contribution is -2.24. The van der Waals surface area contributed by atoms with Crippen molar-refractivity contribution < 1.29 is 9.53 Å². The highest BCUT2D eigenvalue weighted by Crippen LogP contribution is 2.31. The Hall–Kier alpha value is -1.51. The van der Waals surface area contributed by atoms with Crippen LogP contribution in [0.2, 0.25) is 0 Å². The van der Waals surface area contributed by atoms with Gasteiger partial charge in [0.15, 0.2) is 0 Å². The minimum Gasteiger partial charge on any atom is -0.497 e. The molecule has 1 fully saturated rings. The van der Waals surface area contributed by atoms with Crippen molar-refractivity contribution in [2.24, 2.45) is 0 Å². The van der Waals surface area contributed by atoms with Gasteiger partial charge in [-0.3, -0.25) is 4.79 Å². The van der Waals surface area contributed by atoms with Crippen LogP contribution < -0.4 is 10.1 Å². The first-order valence-electron chi connectivity index (χ1n) is 5.05. The van der Waals surface area contributed by atoms with E-state index in [-0.39, 0.29) is 11.3 Å². The van der Waals surface area contributed by atoms with Gasteiger partial charge in [-0.2, -0.15) is 0 Å². The zero-order valence-electron chi connectivity index (χ0n) is 9.04. The predicted molar refractivity (Wildman–Crippen MR) is 58.0 cm³/mol. The van der Waals surface area contributed by atoms with Crippen LogP contribution in [0.3, 0.4) is 0 Å². The molecule has 1 aliphatic rings. The number of carbonyl (C=O) groups excluding carboxylic acids is 1. The van der Waals surface area contributed by atoms with E-state index in [1.54, 1.807) is 7.11 Å². The highest BCUT2D eigenvalue weighted by Gasteiger charge is 2.35. The van der Waals surface area contributed by atoms with Gasteiger partial charge in [0.2, 0.25) is 5.91 Å². The standard InChI is InChI=1S/C12H15NO2/c1-12(7-11(14)13-8-12)9-3-5-10(15-2)6-4-9/h3-6H,7-8H2,1-2H3,(H,13,14). The summed E-state index contributed by atoms with van der Waals surface area (Å²) >= 11 is 0. The second kappa shape index (κ2) is 3.57. The molecule has 80 valence electrons. The smallest absolute Gasteiger partial charge is 0.220 e. The van der Waals surface area contributed by atoms with Crippen LogP contribution in [0.4, 0.5) is 0 Å². The van der Waals surface area contributed by atoms with Crippen molar-refractivity contribution in [3.63, 3.8) is 0 Å². The summed E-state index contributed by atoms with van der Waals surface area (Å²) in [5, 5.41) is 2.87. The lowest BCUT2D eigenvalue weighted by atomic mass is 9.82. The van der Waals surface area contributed by atoms with Gasteiger partial charge >= 0.3 is 0 Å². The molecule has 0 saturated carbocycles. The first-order valence-corrected chi connectivity index (χ1v) is 5.05. The normalized spacial score (nSPS) is 25.1. The molecule has 1 unspecified atom stereocenters. The quantitative estimate of drug-likeness (QED) is 0.794. The summed E-state index contributed by atoms with van der Waals surface area (Å²) in [5.74, 6) is 0.980. The number of carbonyl (C=O) groups is 1. The Morgan fingerprint density at radius 2 is 2.00 bits per heavy atom. The number of nitrogens with one attached hydrogen (secondary N) is 1. The maximum atomic E-state index is 11.2. The highest BCUT2D eigenvalue weighted by atomic mass is 16.5. The van der Waals surface area contributed by atoms with Crippen molar-refractivity contribution in [3.8, 4) is 5.75 Å². The van der Waals surface area contributed by atoms with E-state index in [9.17, 15) is 4.79 Å². The number of hydrogen-bond donors (Lipinski definition) is 1. The summed E-state index contributed by atoms with van der Waals surface area (Å²) in [6.07, 6.45) is 0.569. The van der Waals surface area contributed by atoms with Crippen molar-refractivity contribution in [3.05, 3.63) is 29.8 Å². The van der Waals surface area contributed by atoms with Gasteiger partial charge in [-0.05, 0) is 17.7 Å². The molecule has 1 atom stereocenters. The van der Waals surface area contributed by atoms with Gasteiger partial charge in [0, 0.05) is 18.4 Å². The SMILES string of the molecule is COc1ccc(C2(C)CNC(=O)C2)cc1. The van der Waals surface area contributed by atoms with E-state index >= 15 is 0 Å². The largest absolute Gasteiger partial charge is 0.497 e. The van der Waals surface area contributed by atoms with Gasteiger partial charge in [-0.25, -0.2) is 0 Å². The van der Waals surface area contributed by atoms with Crippen LogP contribution in [0.15, 0.2) is 24.3 Å². The van der Waals surface area contributed by atoms with Gasteiger partial charge in [-0.1, -0.05) is 19.1 Å². The zero-order chi connectivity index (χ0) is 10.9. The van der Waals surface area contributed by atoms with Crippen LogP contribution in [0.1, 0.15) is 18.9 Å². The highest BCUT2D eigenvalue weighted by molar-refractivity contribution is 5.80. The van der Waals surface area contributed by atoms with Gasteiger partial charge < -0.3 is 10.1 Å². The molecule has 0 radical (unpaired) electrons. The van der Waals surface area contributed by atoms with E-state index in [1.807, 2.05) is 24.3 Å². The van der Waals surface area contributed by atoms with E-state index < -0.39 is 0 Å². The molecular weight excluding hydrogens is 190 g/mol. The Bertz CT molecular complexity index is 372. The molecule has 0 spiro atoms. The molecule has 1 amide bonds. The van der Waals surface area contributed by atoms with Gasteiger partial charge in [0.1, 0.15) is 5.75 Å². The monoisotopic (exact) mass is 205 g/mol. The molecule has 1 aromatic rings. The van der Waals surface area contributed by atoms with Crippen LogP contribution in [-0.2, 0) is 10.2 Å². The van der Waals surface area contributed by atoms with E-state index in [1.165, 1.54) is 5.56 Å². The van der Waals surface area contributed by atoms with Crippen LogP contribution in [0, 0.1) is 0 Å². The molecule has 2 rings (SSSR count). The Labute approximate surface area is 89.4 Å². The lowest BCUT2D eigenvalue weighted by Gasteiger charge is -2.22. The number of methoxy groups -OCH3 is 1. The van der Waals surface area contributed by atoms with Crippen LogP contribution in [0.5, 0.6) is 5.75 Å².